The van der Waals surface area contributed by atoms with E-state index in [4.69, 9.17) is 21.4 Å². The number of hydrogen-bond acceptors (Lipinski definition) is 3. The number of carbonyl (C=O) groups excluding carboxylic acids is 1. The van der Waals surface area contributed by atoms with Crippen LogP contribution in [0, 0.1) is 3.57 Å². The zero-order chi connectivity index (χ0) is 15.6. The number of halogens is 2. The molecule has 0 radical (unpaired) electrons. The minimum absolute atomic E-state index is 0.283. The molecule has 1 saturated heterocycles. The molecule has 2 rings (SSSR count). The van der Waals surface area contributed by atoms with Crippen molar-refractivity contribution < 1.29 is 19.4 Å². The molecule has 1 fully saturated rings. The Morgan fingerprint density at radius 3 is 2.76 bits per heavy atom. The van der Waals surface area contributed by atoms with Crippen molar-refractivity contribution in [2.24, 2.45) is 0 Å². The zero-order valence-corrected chi connectivity index (χ0v) is 14.1. The van der Waals surface area contributed by atoms with Gasteiger partial charge in [-0.1, -0.05) is 11.6 Å². The van der Waals surface area contributed by atoms with E-state index in [0.717, 1.165) is 3.57 Å². The molecule has 2 N–H and O–H groups in total. The van der Waals surface area contributed by atoms with Crippen LogP contribution >= 0.6 is 34.2 Å². The minimum Gasteiger partial charge on any atom is -0.480 e. The van der Waals surface area contributed by atoms with Crippen molar-refractivity contribution >= 4 is 51.9 Å². The van der Waals surface area contributed by atoms with E-state index in [1.54, 1.807) is 19.1 Å². The van der Waals surface area contributed by atoms with Crippen molar-refractivity contribution in [1.82, 2.24) is 4.90 Å². The van der Waals surface area contributed by atoms with Crippen LogP contribution in [0.3, 0.4) is 0 Å². The highest BCUT2D eigenvalue weighted by atomic mass is 127. The van der Waals surface area contributed by atoms with Crippen LogP contribution in [-0.2, 0) is 9.53 Å². The summed E-state index contributed by atoms with van der Waals surface area (Å²) in [6.45, 7) is 2.09. The van der Waals surface area contributed by atoms with Gasteiger partial charge in [-0.2, -0.15) is 0 Å². The van der Waals surface area contributed by atoms with Crippen LogP contribution < -0.4 is 5.32 Å². The molecule has 0 atom stereocenters. The Labute approximate surface area is 140 Å². The molecule has 1 aliphatic heterocycles. The molecule has 0 bridgehead atoms. The smallest absolute Gasteiger partial charge is 0.329 e. The predicted molar refractivity (Wildman–Crippen MR) is 86.8 cm³/mol. The molecule has 6 nitrogen and oxygen atoms in total. The topological polar surface area (TPSA) is 78.9 Å². The maximum atomic E-state index is 12.0. The fourth-order valence-corrected chi connectivity index (χ4v) is 2.92. The number of aliphatic carboxylic acids is 1. The minimum atomic E-state index is -1.02. The number of hydrogen-bond donors (Lipinski definition) is 2. The third kappa shape index (κ3) is 4.21. The highest BCUT2D eigenvalue weighted by Gasteiger charge is 2.42. The van der Waals surface area contributed by atoms with Gasteiger partial charge in [0.05, 0.1) is 23.8 Å². The van der Waals surface area contributed by atoms with Gasteiger partial charge in [0.2, 0.25) is 0 Å². The standard InChI is InChI=1S/C13H14ClIN2O4/c1-13(21-5-11(18)19)6-17(7-13)12(20)16-10-3-2-8(15)4-9(10)14/h2-4H,5-7H2,1H3,(H,16,20)(H,18,19). The number of carbonyl (C=O) groups is 2. The molecule has 114 valence electrons. The number of urea groups is 1. The third-order valence-corrected chi connectivity index (χ3v) is 4.04. The maximum Gasteiger partial charge on any atom is 0.329 e. The molecule has 0 unspecified atom stereocenters. The lowest BCUT2D eigenvalue weighted by molar-refractivity contribution is -0.159. The lowest BCUT2D eigenvalue weighted by atomic mass is 9.97. The van der Waals surface area contributed by atoms with Gasteiger partial charge in [-0.3, -0.25) is 0 Å². The van der Waals surface area contributed by atoms with Crippen molar-refractivity contribution in [3.63, 3.8) is 0 Å². The van der Waals surface area contributed by atoms with Crippen LogP contribution in [0.5, 0.6) is 0 Å². The maximum absolute atomic E-state index is 12.0. The molecule has 1 heterocycles. The van der Waals surface area contributed by atoms with Gasteiger partial charge >= 0.3 is 12.0 Å². The molecule has 2 amide bonds. The van der Waals surface area contributed by atoms with Gasteiger partial charge in [-0.15, -0.1) is 0 Å². The lowest BCUT2D eigenvalue weighted by Gasteiger charge is -2.46. The Morgan fingerprint density at radius 1 is 1.52 bits per heavy atom. The number of carboxylic acids is 1. The second-order valence-electron chi connectivity index (χ2n) is 5.04. The van der Waals surface area contributed by atoms with Crippen molar-refractivity contribution in [3.05, 3.63) is 26.8 Å². The molecule has 1 aromatic rings. The van der Waals surface area contributed by atoms with Gasteiger partial charge in [0.15, 0.2) is 0 Å². The fourth-order valence-electron chi connectivity index (χ4n) is 2.02. The zero-order valence-electron chi connectivity index (χ0n) is 11.2. The summed E-state index contributed by atoms with van der Waals surface area (Å²) >= 11 is 8.19. The summed E-state index contributed by atoms with van der Waals surface area (Å²) < 4.78 is 6.23. The van der Waals surface area contributed by atoms with Crippen molar-refractivity contribution in [1.29, 1.82) is 0 Å². The number of rotatable bonds is 4. The normalized spacial score (nSPS) is 16.2. The van der Waals surface area contributed by atoms with E-state index in [0.29, 0.717) is 23.8 Å². The highest BCUT2D eigenvalue weighted by molar-refractivity contribution is 14.1. The average Bonchev–Trinajstić information content (AvgIpc) is 2.36. The molecule has 0 spiro atoms. The molecule has 21 heavy (non-hydrogen) atoms. The first kappa shape index (κ1) is 16.3. The summed E-state index contributed by atoms with van der Waals surface area (Å²) in [6.07, 6.45) is 0. The monoisotopic (exact) mass is 424 g/mol. The second-order valence-corrected chi connectivity index (χ2v) is 6.70. The molecule has 0 aliphatic carbocycles. The largest absolute Gasteiger partial charge is 0.480 e. The van der Waals surface area contributed by atoms with Crippen molar-refractivity contribution in [3.8, 4) is 0 Å². The molecule has 1 aliphatic rings. The van der Waals surface area contributed by atoms with E-state index in [1.165, 1.54) is 4.90 Å². The van der Waals surface area contributed by atoms with Gasteiger partial charge < -0.3 is 20.1 Å². The van der Waals surface area contributed by atoms with Crippen molar-refractivity contribution in [2.45, 2.75) is 12.5 Å². The Kier molecular flexibility index (Phi) is 4.95. The molecular formula is C13H14ClIN2O4. The molecule has 1 aromatic carbocycles. The number of likely N-dealkylation sites (tertiary alicyclic amines) is 1. The van der Waals surface area contributed by atoms with Crippen LogP contribution in [0.1, 0.15) is 6.92 Å². The Bertz CT molecular complexity index is 575. The van der Waals surface area contributed by atoms with Crippen LogP contribution in [0.15, 0.2) is 18.2 Å². The summed E-state index contributed by atoms with van der Waals surface area (Å²) in [6, 6.07) is 5.06. The van der Waals surface area contributed by atoms with E-state index in [1.807, 2.05) is 6.07 Å². The van der Waals surface area contributed by atoms with Crippen molar-refractivity contribution in [2.75, 3.05) is 25.0 Å². The SMILES string of the molecule is CC1(OCC(=O)O)CN(C(=O)Nc2ccc(I)cc2Cl)C1. The lowest BCUT2D eigenvalue weighted by Crippen LogP contribution is -2.64. The summed E-state index contributed by atoms with van der Waals surface area (Å²) in [5.41, 5.74) is -0.0619. The third-order valence-electron chi connectivity index (χ3n) is 3.05. The second kappa shape index (κ2) is 6.37. The fraction of sp³-hybridized carbons (Fsp3) is 0.385. The Morgan fingerprint density at radius 2 is 2.19 bits per heavy atom. The van der Waals surface area contributed by atoms with E-state index >= 15 is 0 Å². The quantitative estimate of drug-likeness (QED) is 0.729. The van der Waals surface area contributed by atoms with Gasteiger partial charge in [0, 0.05) is 3.57 Å². The highest BCUT2D eigenvalue weighted by Crippen LogP contribution is 2.28. The van der Waals surface area contributed by atoms with Crippen LogP contribution in [-0.4, -0.2) is 47.3 Å². The number of carboxylic acid groups (broad SMARTS) is 1. The first-order valence-corrected chi connectivity index (χ1v) is 7.61. The van der Waals surface area contributed by atoms with Gasteiger partial charge in [0.25, 0.3) is 0 Å². The van der Waals surface area contributed by atoms with Crippen LogP contribution in [0.25, 0.3) is 0 Å². The number of ether oxygens (including phenoxy) is 1. The van der Waals surface area contributed by atoms with Gasteiger partial charge in [0.1, 0.15) is 12.2 Å². The van der Waals surface area contributed by atoms with Gasteiger partial charge in [-0.25, -0.2) is 9.59 Å². The van der Waals surface area contributed by atoms with E-state index in [9.17, 15) is 9.59 Å². The summed E-state index contributed by atoms with van der Waals surface area (Å²) in [5.74, 6) is -1.02. The van der Waals surface area contributed by atoms with E-state index in [-0.39, 0.29) is 12.6 Å². The van der Waals surface area contributed by atoms with Gasteiger partial charge in [-0.05, 0) is 47.7 Å². The first-order chi connectivity index (χ1) is 9.79. The molecular weight excluding hydrogens is 411 g/mol. The summed E-state index contributed by atoms with van der Waals surface area (Å²) in [5, 5.41) is 11.8. The Balaban J connectivity index is 1.87. The number of amides is 2. The number of anilines is 1. The average molecular weight is 425 g/mol. The summed E-state index contributed by atoms with van der Waals surface area (Å²) in [4.78, 5) is 24.1. The van der Waals surface area contributed by atoms with Crippen LogP contribution in [0.2, 0.25) is 5.02 Å². The van der Waals surface area contributed by atoms with E-state index < -0.39 is 11.6 Å². The molecule has 8 heteroatoms. The Hall–Kier alpha value is -1.06. The molecule has 0 saturated carbocycles. The number of nitrogens with zero attached hydrogens (tertiary/aromatic N) is 1. The van der Waals surface area contributed by atoms with Crippen LogP contribution in [0.4, 0.5) is 10.5 Å². The predicted octanol–water partition coefficient (Wildman–Crippen LogP) is 2.65. The number of nitrogens with one attached hydrogen (secondary N) is 1. The molecule has 0 aromatic heterocycles. The van der Waals surface area contributed by atoms with E-state index in [2.05, 4.69) is 27.9 Å². The number of benzene rings is 1. The summed E-state index contributed by atoms with van der Waals surface area (Å²) in [7, 11) is 0. The first-order valence-electron chi connectivity index (χ1n) is 6.16.